The van der Waals surface area contributed by atoms with Crippen LogP contribution in [0.1, 0.15) is 32.6 Å². The highest BCUT2D eigenvalue weighted by Crippen LogP contribution is 1.99. The highest BCUT2D eigenvalue weighted by Gasteiger charge is 2.18. The molecular weight excluding hydrogens is 204 g/mol. The molecule has 1 atom stereocenters. The highest BCUT2D eigenvalue weighted by atomic mass is 16.3. The van der Waals surface area contributed by atoms with Crippen LogP contribution in [0.15, 0.2) is 0 Å². The summed E-state index contributed by atoms with van der Waals surface area (Å²) in [7, 11) is 6.01. The zero-order valence-corrected chi connectivity index (χ0v) is 11.1. The first kappa shape index (κ1) is 15.4. The smallest absolute Gasteiger partial charge is 0.222 e. The van der Waals surface area contributed by atoms with Crippen molar-refractivity contribution in [2.75, 3.05) is 34.2 Å². The lowest BCUT2D eigenvalue weighted by Crippen LogP contribution is -2.43. The second kappa shape index (κ2) is 7.63. The molecule has 0 spiro atoms. The van der Waals surface area contributed by atoms with Crippen LogP contribution in [0.4, 0.5) is 0 Å². The molecule has 0 radical (unpaired) electrons. The maximum absolute atomic E-state index is 11.4. The average Bonchev–Trinajstić information content (AvgIpc) is 2.09. The summed E-state index contributed by atoms with van der Waals surface area (Å²) in [6.07, 6.45) is 2.97. The molecule has 0 aliphatic heterocycles. The van der Waals surface area contributed by atoms with Crippen molar-refractivity contribution in [2.24, 2.45) is 0 Å². The van der Waals surface area contributed by atoms with E-state index in [0.29, 0.717) is 11.0 Å². The van der Waals surface area contributed by atoms with Crippen LogP contribution >= 0.6 is 0 Å². The molecule has 4 nitrogen and oxygen atoms in total. The molecule has 96 valence electrons. The molecule has 0 aromatic carbocycles. The third kappa shape index (κ3) is 9.93. The molecule has 2 N–H and O–H groups in total. The summed E-state index contributed by atoms with van der Waals surface area (Å²) in [6.45, 7) is 3.46. The number of aliphatic hydroxyl groups excluding tert-OH is 1. The fraction of sp³-hybridized carbons (Fsp3) is 0.917. The lowest BCUT2D eigenvalue weighted by atomic mass is 10.2. The summed E-state index contributed by atoms with van der Waals surface area (Å²) >= 11 is 0. The van der Waals surface area contributed by atoms with Crippen LogP contribution in [0, 0.1) is 0 Å². The maximum Gasteiger partial charge on any atom is 0.222 e. The SMILES string of the molecule is CCCCCNC(=O)CC(O)C[N+](C)(C)C. The first-order chi connectivity index (χ1) is 7.35. The Kier molecular flexibility index (Phi) is 7.34. The molecule has 0 bridgehead atoms. The molecule has 0 rings (SSSR count). The first-order valence-electron chi connectivity index (χ1n) is 6.10. The number of quaternary nitrogens is 1. The van der Waals surface area contributed by atoms with Gasteiger partial charge in [-0.3, -0.25) is 4.79 Å². The van der Waals surface area contributed by atoms with Crippen LogP contribution in [-0.4, -0.2) is 55.8 Å². The largest absolute Gasteiger partial charge is 0.387 e. The third-order valence-corrected chi connectivity index (χ3v) is 2.28. The van der Waals surface area contributed by atoms with Crippen molar-refractivity contribution >= 4 is 5.91 Å². The van der Waals surface area contributed by atoms with Gasteiger partial charge in [0.1, 0.15) is 12.6 Å². The van der Waals surface area contributed by atoms with Gasteiger partial charge in [-0.05, 0) is 6.42 Å². The van der Waals surface area contributed by atoms with Gasteiger partial charge in [-0.1, -0.05) is 19.8 Å². The summed E-state index contributed by atoms with van der Waals surface area (Å²) in [5, 5.41) is 12.5. The lowest BCUT2D eigenvalue weighted by molar-refractivity contribution is -0.873. The standard InChI is InChI=1S/C12H26N2O2/c1-5-6-7-8-13-12(16)9-11(15)10-14(2,3)4/h11,15H,5-10H2,1-4H3/p+1. The van der Waals surface area contributed by atoms with Crippen LogP contribution in [0.3, 0.4) is 0 Å². The van der Waals surface area contributed by atoms with Crippen LogP contribution < -0.4 is 5.32 Å². The minimum atomic E-state index is -0.550. The van der Waals surface area contributed by atoms with Gasteiger partial charge in [-0.2, -0.15) is 0 Å². The predicted octanol–water partition coefficient (Wildman–Crippen LogP) is 0.750. The molecular formula is C12H27N2O2+. The van der Waals surface area contributed by atoms with Crippen molar-refractivity contribution in [1.29, 1.82) is 0 Å². The normalized spacial score (nSPS) is 13.6. The van der Waals surface area contributed by atoms with Gasteiger partial charge >= 0.3 is 0 Å². The molecule has 0 heterocycles. The Morgan fingerprint density at radius 1 is 1.31 bits per heavy atom. The number of hydrogen-bond donors (Lipinski definition) is 2. The Morgan fingerprint density at radius 2 is 1.94 bits per heavy atom. The van der Waals surface area contributed by atoms with Gasteiger partial charge in [0, 0.05) is 6.54 Å². The molecule has 0 saturated heterocycles. The van der Waals surface area contributed by atoms with Crippen molar-refractivity contribution in [1.82, 2.24) is 5.32 Å². The van der Waals surface area contributed by atoms with Crippen molar-refractivity contribution in [3.63, 3.8) is 0 Å². The quantitative estimate of drug-likeness (QED) is 0.478. The topological polar surface area (TPSA) is 49.3 Å². The van der Waals surface area contributed by atoms with Gasteiger partial charge in [-0.15, -0.1) is 0 Å². The number of likely N-dealkylation sites (N-methyl/N-ethyl adjacent to an activating group) is 1. The van der Waals surface area contributed by atoms with Crippen LogP contribution in [0.5, 0.6) is 0 Å². The van der Waals surface area contributed by atoms with E-state index in [0.717, 1.165) is 25.8 Å². The third-order valence-electron chi connectivity index (χ3n) is 2.28. The zero-order valence-electron chi connectivity index (χ0n) is 11.1. The van der Waals surface area contributed by atoms with Gasteiger partial charge in [0.15, 0.2) is 0 Å². The van der Waals surface area contributed by atoms with Crippen LogP contribution in [0.25, 0.3) is 0 Å². The fourth-order valence-corrected chi connectivity index (χ4v) is 1.59. The van der Waals surface area contributed by atoms with E-state index in [1.807, 2.05) is 21.1 Å². The maximum atomic E-state index is 11.4. The number of rotatable bonds is 8. The molecule has 0 saturated carbocycles. The van der Waals surface area contributed by atoms with Crippen molar-refractivity contribution in [3.05, 3.63) is 0 Å². The summed E-state index contributed by atoms with van der Waals surface area (Å²) in [5.41, 5.74) is 0. The van der Waals surface area contributed by atoms with Crippen LogP contribution in [0.2, 0.25) is 0 Å². The number of nitrogens with zero attached hydrogens (tertiary/aromatic N) is 1. The Morgan fingerprint density at radius 3 is 2.44 bits per heavy atom. The van der Waals surface area contributed by atoms with E-state index < -0.39 is 6.10 Å². The van der Waals surface area contributed by atoms with E-state index in [1.165, 1.54) is 0 Å². The number of nitrogens with one attached hydrogen (secondary N) is 1. The molecule has 0 aromatic rings. The van der Waals surface area contributed by atoms with E-state index in [4.69, 9.17) is 0 Å². The second-order valence-corrected chi connectivity index (χ2v) is 5.39. The molecule has 0 aliphatic rings. The predicted molar refractivity (Wildman–Crippen MR) is 66.1 cm³/mol. The lowest BCUT2D eigenvalue weighted by Gasteiger charge is -2.26. The molecule has 0 aromatic heterocycles. The van der Waals surface area contributed by atoms with Crippen molar-refractivity contribution < 1.29 is 14.4 Å². The van der Waals surface area contributed by atoms with E-state index in [2.05, 4.69) is 12.2 Å². The van der Waals surface area contributed by atoms with E-state index in [1.54, 1.807) is 0 Å². The number of unbranched alkanes of at least 4 members (excludes halogenated alkanes) is 2. The van der Waals surface area contributed by atoms with Crippen molar-refractivity contribution in [3.8, 4) is 0 Å². The van der Waals surface area contributed by atoms with E-state index in [-0.39, 0.29) is 12.3 Å². The van der Waals surface area contributed by atoms with Gasteiger partial charge in [0.25, 0.3) is 0 Å². The molecule has 16 heavy (non-hydrogen) atoms. The number of aliphatic hydroxyl groups is 1. The van der Waals surface area contributed by atoms with Gasteiger partial charge < -0.3 is 14.9 Å². The van der Waals surface area contributed by atoms with Crippen molar-refractivity contribution in [2.45, 2.75) is 38.7 Å². The monoisotopic (exact) mass is 231 g/mol. The number of carbonyl (C=O) groups is 1. The molecule has 0 fully saturated rings. The number of hydrogen-bond acceptors (Lipinski definition) is 2. The summed E-state index contributed by atoms with van der Waals surface area (Å²) in [5.74, 6) is -0.0444. The first-order valence-corrected chi connectivity index (χ1v) is 6.10. The summed E-state index contributed by atoms with van der Waals surface area (Å²) < 4.78 is 0.671. The zero-order chi connectivity index (χ0) is 12.6. The van der Waals surface area contributed by atoms with Gasteiger partial charge in [-0.25, -0.2) is 0 Å². The summed E-state index contributed by atoms with van der Waals surface area (Å²) in [4.78, 5) is 11.4. The molecule has 0 aliphatic carbocycles. The minimum absolute atomic E-state index is 0.0444. The van der Waals surface area contributed by atoms with Gasteiger partial charge in [0.2, 0.25) is 5.91 Å². The number of carbonyl (C=O) groups excluding carboxylic acids is 1. The van der Waals surface area contributed by atoms with Gasteiger partial charge in [0.05, 0.1) is 27.6 Å². The Balaban J connectivity index is 3.62. The molecule has 4 heteroatoms. The van der Waals surface area contributed by atoms with E-state index >= 15 is 0 Å². The summed E-state index contributed by atoms with van der Waals surface area (Å²) in [6, 6.07) is 0. The minimum Gasteiger partial charge on any atom is -0.387 e. The van der Waals surface area contributed by atoms with E-state index in [9.17, 15) is 9.90 Å². The fourth-order valence-electron chi connectivity index (χ4n) is 1.59. The average molecular weight is 231 g/mol. The second-order valence-electron chi connectivity index (χ2n) is 5.39. The van der Waals surface area contributed by atoms with Crippen LogP contribution in [-0.2, 0) is 4.79 Å². The Hall–Kier alpha value is -0.610. The molecule has 1 amide bonds. The number of amides is 1. The molecule has 1 unspecified atom stereocenters. The Bertz CT molecular complexity index is 200. The Labute approximate surface area is 99.2 Å². The highest BCUT2D eigenvalue weighted by molar-refractivity contribution is 5.76.